The molecule has 0 aliphatic rings. The minimum absolute atomic E-state index is 0.393. The minimum atomic E-state index is -2.67. The fraction of sp³-hybridized carbons (Fsp3) is 0.471. The zero-order valence-corrected chi connectivity index (χ0v) is 26.9. The number of para-hydroxylation sites is 2. The molecule has 1 atom stereocenters. The first-order valence-corrected chi connectivity index (χ1v) is 16.9. The van der Waals surface area contributed by atoms with Gasteiger partial charge in [-0.05, 0) is 55.0 Å². The number of hydrogen-bond donors (Lipinski definition) is 1. The Morgan fingerprint density at radius 2 is 1.20 bits per heavy atom. The molecule has 3 aromatic carbocycles. The first-order valence-electron chi connectivity index (χ1n) is 15.0. The van der Waals surface area contributed by atoms with Gasteiger partial charge in [-0.3, -0.25) is 0 Å². The van der Waals surface area contributed by atoms with Crippen molar-refractivity contribution in [1.29, 1.82) is 0 Å². The van der Waals surface area contributed by atoms with E-state index in [9.17, 15) is 5.11 Å². The highest BCUT2D eigenvalue weighted by atomic mass is 28.4. The highest BCUT2D eigenvalue weighted by Crippen LogP contribution is 2.33. The Morgan fingerprint density at radius 3 is 1.61 bits per heavy atom. The average molecular weight is 579 g/mol. The van der Waals surface area contributed by atoms with E-state index in [0.717, 1.165) is 55.6 Å². The Balaban J connectivity index is 1.96. The number of benzene rings is 3. The lowest BCUT2D eigenvalue weighted by Gasteiger charge is -2.30. The van der Waals surface area contributed by atoms with Crippen LogP contribution in [0.15, 0.2) is 72.8 Å². The second-order valence-electron chi connectivity index (χ2n) is 10.8. The van der Waals surface area contributed by atoms with Crippen molar-refractivity contribution >= 4 is 20.2 Å². The van der Waals surface area contributed by atoms with Crippen LogP contribution in [0.25, 0.3) is 0 Å². The molecule has 224 valence electrons. The summed E-state index contributed by atoms with van der Waals surface area (Å²) in [7, 11) is 2.31. The van der Waals surface area contributed by atoms with Crippen LogP contribution in [0.3, 0.4) is 0 Å². The fourth-order valence-electron chi connectivity index (χ4n) is 5.23. The van der Waals surface area contributed by atoms with E-state index < -0.39 is 8.80 Å². The van der Waals surface area contributed by atoms with Crippen molar-refractivity contribution < 1.29 is 18.4 Å². The van der Waals surface area contributed by atoms with Crippen LogP contribution in [0, 0.1) is 0 Å². The molecule has 0 saturated heterocycles. The second-order valence-corrected chi connectivity index (χ2v) is 13.9. The molecule has 0 radical (unpaired) electrons. The van der Waals surface area contributed by atoms with Gasteiger partial charge in [0.1, 0.15) is 5.75 Å². The number of rotatable bonds is 18. The summed E-state index contributed by atoms with van der Waals surface area (Å²) in [5.41, 5.74) is 5.52. The van der Waals surface area contributed by atoms with Crippen LogP contribution in [0.5, 0.6) is 5.75 Å². The Labute approximate surface area is 249 Å². The van der Waals surface area contributed by atoms with E-state index in [1.54, 1.807) is 21.3 Å². The van der Waals surface area contributed by atoms with Crippen molar-refractivity contribution in [3.05, 3.63) is 89.5 Å². The first-order chi connectivity index (χ1) is 19.9. The predicted octanol–water partition coefficient (Wildman–Crippen LogP) is 7.99. The molecular formula is C34H50N2O4Si. The molecule has 7 heteroatoms. The second kappa shape index (κ2) is 16.6. The number of hydrogen-bond acceptors (Lipinski definition) is 6. The standard InChI is InChI=1S/C34H50N2O4Si/c1-7-9-21-35(32-17-12-10-13-18-32)26-30-24-29(28(3)8-2)25-31(34(30)37)27-36(33-19-14-11-15-20-33)22-16-23-41(38-4,39-5)40-6/h10-15,17-20,24-25,28,37H,7-9,16,21-23,26-27H2,1-6H3. The normalized spacial score (nSPS) is 12.3. The van der Waals surface area contributed by atoms with Crippen molar-refractivity contribution in [1.82, 2.24) is 0 Å². The number of aromatic hydroxyl groups is 1. The van der Waals surface area contributed by atoms with Gasteiger partial charge in [-0.2, -0.15) is 0 Å². The van der Waals surface area contributed by atoms with Gasteiger partial charge in [0.25, 0.3) is 0 Å². The van der Waals surface area contributed by atoms with E-state index in [1.807, 2.05) is 6.07 Å². The molecule has 0 aliphatic heterocycles. The van der Waals surface area contributed by atoms with E-state index >= 15 is 0 Å². The van der Waals surface area contributed by atoms with Crippen molar-refractivity contribution in [2.75, 3.05) is 44.2 Å². The largest absolute Gasteiger partial charge is 0.507 e. The van der Waals surface area contributed by atoms with Gasteiger partial charge < -0.3 is 28.2 Å². The van der Waals surface area contributed by atoms with Crippen LogP contribution >= 0.6 is 0 Å². The number of anilines is 2. The summed E-state index contributed by atoms with van der Waals surface area (Å²) in [6, 6.07) is 26.1. The maximum absolute atomic E-state index is 11.7. The molecule has 6 nitrogen and oxygen atoms in total. The summed E-state index contributed by atoms with van der Waals surface area (Å²) in [5.74, 6) is 0.792. The Kier molecular flexibility index (Phi) is 13.2. The summed E-state index contributed by atoms with van der Waals surface area (Å²) >= 11 is 0. The van der Waals surface area contributed by atoms with Crippen LogP contribution in [0.1, 0.15) is 69.1 Å². The Morgan fingerprint density at radius 1 is 0.732 bits per heavy atom. The molecule has 3 rings (SSSR count). The van der Waals surface area contributed by atoms with Crippen LogP contribution in [0.4, 0.5) is 11.4 Å². The molecule has 41 heavy (non-hydrogen) atoms. The SMILES string of the molecule is CCCCN(Cc1cc(C(C)CC)cc(CN(CCC[Si](OC)(OC)OC)c2ccccc2)c1O)c1ccccc1. The quantitative estimate of drug-likeness (QED) is 0.154. The number of phenols is 1. The molecule has 0 bridgehead atoms. The Hall–Kier alpha value is -2.84. The van der Waals surface area contributed by atoms with Crippen LogP contribution in [0.2, 0.25) is 6.04 Å². The lowest BCUT2D eigenvalue weighted by molar-refractivity contribution is 0.123. The molecular weight excluding hydrogens is 528 g/mol. The lowest BCUT2D eigenvalue weighted by Crippen LogP contribution is -2.43. The Bertz CT molecular complexity index is 1150. The van der Waals surface area contributed by atoms with Crippen molar-refractivity contribution in [2.45, 2.75) is 71.5 Å². The molecule has 0 spiro atoms. The minimum Gasteiger partial charge on any atom is -0.507 e. The lowest BCUT2D eigenvalue weighted by atomic mass is 9.93. The molecule has 0 aromatic heterocycles. The van der Waals surface area contributed by atoms with Crippen molar-refractivity contribution in [2.24, 2.45) is 0 Å². The predicted molar refractivity (Wildman–Crippen MR) is 173 cm³/mol. The van der Waals surface area contributed by atoms with E-state index in [0.29, 0.717) is 30.8 Å². The molecule has 0 aliphatic carbocycles. The maximum atomic E-state index is 11.7. The van der Waals surface area contributed by atoms with E-state index in [2.05, 4.69) is 97.3 Å². The molecule has 3 aromatic rings. The van der Waals surface area contributed by atoms with Gasteiger partial charge in [0.15, 0.2) is 0 Å². The number of nitrogens with zero attached hydrogens (tertiary/aromatic N) is 2. The summed E-state index contributed by atoms with van der Waals surface area (Å²) in [4.78, 5) is 4.73. The smallest absolute Gasteiger partial charge is 0.500 e. The summed E-state index contributed by atoms with van der Waals surface area (Å²) in [5, 5.41) is 11.7. The van der Waals surface area contributed by atoms with Gasteiger partial charge in [-0.25, -0.2) is 0 Å². The van der Waals surface area contributed by atoms with Crippen LogP contribution < -0.4 is 9.80 Å². The van der Waals surface area contributed by atoms with Crippen molar-refractivity contribution in [3.8, 4) is 5.75 Å². The third-order valence-electron chi connectivity index (χ3n) is 8.06. The number of phenolic OH excluding ortho intramolecular Hbond substituents is 1. The zero-order chi connectivity index (χ0) is 29.7. The van der Waals surface area contributed by atoms with Crippen LogP contribution in [-0.2, 0) is 26.4 Å². The van der Waals surface area contributed by atoms with Gasteiger partial charge in [0, 0.05) is 76.1 Å². The molecule has 0 heterocycles. The highest BCUT2D eigenvalue weighted by Gasteiger charge is 2.37. The fourth-order valence-corrected chi connectivity index (χ4v) is 6.93. The van der Waals surface area contributed by atoms with Gasteiger partial charge in [0.2, 0.25) is 0 Å². The third-order valence-corrected chi connectivity index (χ3v) is 10.9. The zero-order valence-electron chi connectivity index (χ0n) is 25.9. The van der Waals surface area contributed by atoms with Crippen molar-refractivity contribution in [3.63, 3.8) is 0 Å². The summed E-state index contributed by atoms with van der Waals surface area (Å²) < 4.78 is 17.0. The molecule has 0 fully saturated rings. The number of unbranched alkanes of at least 4 members (excludes halogenated alkanes) is 1. The summed E-state index contributed by atoms with van der Waals surface area (Å²) in [6.07, 6.45) is 4.11. The first kappa shape index (κ1) is 32.7. The van der Waals surface area contributed by atoms with Crippen LogP contribution in [-0.4, -0.2) is 48.3 Å². The van der Waals surface area contributed by atoms with E-state index in [1.165, 1.54) is 11.3 Å². The van der Waals surface area contributed by atoms with Gasteiger partial charge in [-0.1, -0.05) is 75.7 Å². The molecule has 1 N–H and O–H groups in total. The van der Waals surface area contributed by atoms with E-state index in [-0.39, 0.29) is 0 Å². The monoisotopic (exact) mass is 578 g/mol. The summed E-state index contributed by atoms with van der Waals surface area (Å²) in [6.45, 7) is 9.72. The average Bonchev–Trinajstić information content (AvgIpc) is 3.02. The van der Waals surface area contributed by atoms with E-state index in [4.69, 9.17) is 13.3 Å². The molecule has 0 amide bonds. The maximum Gasteiger partial charge on any atom is 0.500 e. The third kappa shape index (κ3) is 9.07. The van der Waals surface area contributed by atoms with Gasteiger partial charge in [0.05, 0.1) is 0 Å². The highest BCUT2D eigenvalue weighted by molar-refractivity contribution is 6.60. The van der Waals surface area contributed by atoms with Gasteiger partial charge in [-0.15, -0.1) is 0 Å². The molecule has 1 unspecified atom stereocenters. The topological polar surface area (TPSA) is 54.4 Å². The molecule has 0 saturated carbocycles. The van der Waals surface area contributed by atoms with Gasteiger partial charge >= 0.3 is 8.80 Å².